The van der Waals surface area contributed by atoms with Crippen LogP contribution in [0.4, 0.5) is 0 Å². The summed E-state index contributed by atoms with van der Waals surface area (Å²) in [4.78, 5) is 1.13. The van der Waals surface area contributed by atoms with Gasteiger partial charge in [-0.2, -0.15) is 0 Å². The third-order valence-corrected chi connectivity index (χ3v) is 3.21. The highest BCUT2D eigenvalue weighted by Crippen LogP contribution is 2.29. The molecule has 2 rings (SSSR count). The Morgan fingerprint density at radius 2 is 2.14 bits per heavy atom. The van der Waals surface area contributed by atoms with E-state index >= 15 is 0 Å². The minimum absolute atomic E-state index is 0.628. The second-order valence-corrected chi connectivity index (χ2v) is 4.42. The molecule has 0 aliphatic carbocycles. The van der Waals surface area contributed by atoms with Gasteiger partial charge >= 0.3 is 0 Å². The molecule has 3 heteroatoms. The molecule has 1 N–H and O–H groups in total. The van der Waals surface area contributed by atoms with Crippen LogP contribution in [0.3, 0.4) is 0 Å². The fourth-order valence-corrected chi connectivity index (χ4v) is 2.22. The van der Waals surface area contributed by atoms with Crippen molar-refractivity contribution in [3.8, 4) is 0 Å². The van der Waals surface area contributed by atoms with Crippen molar-refractivity contribution in [2.75, 3.05) is 0 Å². The first-order chi connectivity index (χ1) is 6.70. The van der Waals surface area contributed by atoms with Crippen molar-refractivity contribution in [2.24, 2.45) is 0 Å². The fourth-order valence-electron chi connectivity index (χ4n) is 1.48. The summed E-state index contributed by atoms with van der Waals surface area (Å²) in [6, 6.07) is 3.80. The largest absolute Gasteiger partial charge is 0.466 e. The number of hydrogen-bond donors (Lipinski definition) is 1. The van der Waals surface area contributed by atoms with Gasteiger partial charge < -0.3 is 9.52 Å². The van der Waals surface area contributed by atoms with Crippen LogP contribution < -0.4 is 0 Å². The van der Waals surface area contributed by atoms with Gasteiger partial charge in [0.15, 0.2) is 0 Å². The van der Waals surface area contributed by atoms with Crippen molar-refractivity contribution in [3.63, 3.8) is 0 Å². The first-order valence-electron chi connectivity index (χ1n) is 4.46. The van der Waals surface area contributed by atoms with Gasteiger partial charge in [0.05, 0.1) is 6.26 Å². The predicted molar refractivity (Wildman–Crippen MR) is 56.6 cm³/mol. The van der Waals surface area contributed by atoms with Gasteiger partial charge in [0.25, 0.3) is 0 Å². The Morgan fingerprint density at radius 1 is 1.36 bits per heavy atom. The molecule has 74 valence electrons. The van der Waals surface area contributed by atoms with Gasteiger partial charge in [-0.05, 0) is 36.9 Å². The zero-order valence-corrected chi connectivity index (χ0v) is 8.97. The zero-order chi connectivity index (χ0) is 10.1. The smallest absolute Gasteiger partial charge is 0.139 e. The van der Waals surface area contributed by atoms with Gasteiger partial charge in [0, 0.05) is 10.4 Å². The molecular formula is C11H12O2S. The van der Waals surface area contributed by atoms with Crippen LogP contribution >= 0.6 is 11.3 Å². The lowest BCUT2D eigenvalue weighted by atomic mass is 10.1. The van der Waals surface area contributed by atoms with Gasteiger partial charge in [0.1, 0.15) is 11.9 Å². The second-order valence-electron chi connectivity index (χ2n) is 3.30. The second kappa shape index (κ2) is 3.59. The van der Waals surface area contributed by atoms with Crippen molar-refractivity contribution < 1.29 is 9.52 Å². The molecule has 1 atom stereocenters. The van der Waals surface area contributed by atoms with Crippen LogP contribution in [-0.2, 0) is 0 Å². The number of thiophene rings is 1. The molecule has 0 saturated carbocycles. The Balaban J connectivity index is 2.38. The van der Waals surface area contributed by atoms with Crippen LogP contribution in [0.5, 0.6) is 0 Å². The van der Waals surface area contributed by atoms with E-state index in [1.807, 2.05) is 31.4 Å². The van der Waals surface area contributed by atoms with E-state index in [4.69, 9.17) is 4.42 Å². The molecule has 14 heavy (non-hydrogen) atoms. The van der Waals surface area contributed by atoms with E-state index in [0.717, 1.165) is 16.0 Å². The van der Waals surface area contributed by atoms with E-state index in [9.17, 15) is 5.11 Å². The Kier molecular flexibility index (Phi) is 2.44. The van der Waals surface area contributed by atoms with E-state index in [2.05, 4.69) is 0 Å². The summed E-state index contributed by atoms with van der Waals surface area (Å²) < 4.78 is 5.26. The lowest BCUT2D eigenvalue weighted by molar-refractivity contribution is 0.188. The monoisotopic (exact) mass is 208 g/mol. The highest BCUT2D eigenvalue weighted by atomic mass is 32.1. The molecule has 0 saturated heterocycles. The molecule has 2 nitrogen and oxygen atoms in total. The molecule has 0 bridgehead atoms. The number of aliphatic hydroxyl groups is 1. The fraction of sp³-hybridized carbons (Fsp3) is 0.273. The predicted octanol–water partition coefficient (Wildman–Crippen LogP) is 3.04. The van der Waals surface area contributed by atoms with Crippen LogP contribution in [0.15, 0.2) is 28.2 Å². The minimum atomic E-state index is -0.628. The molecule has 1 unspecified atom stereocenters. The summed E-state index contributed by atoms with van der Waals surface area (Å²) in [5, 5.41) is 12.0. The van der Waals surface area contributed by atoms with Gasteiger partial charge in [-0.1, -0.05) is 0 Å². The van der Waals surface area contributed by atoms with E-state index < -0.39 is 6.10 Å². The van der Waals surface area contributed by atoms with Crippen molar-refractivity contribution in [2.45, 2.75) is 20.0 Å². The molecule has 2 heterocycles. The lowest BCUT2D eigenvalue weighted by Gasteiger charge is -2.08. The topological polar surface area (TPSA) is 33.4 Å². The summed E-state index contributed by atoms with van der Waals surface area (Å²) in [6.07, 6.45) is 0.978. The lowest BCUT2D eigenvalue weighted by Crippen LogP contribution is -1.99. The molecule has 0 spiro atoms. The van der Waals surface area contributed by atoms with Crippen molar-refractivity contribution in [1.29, 1.82) is 0 Å². The summed E-state index contributed by atoms with van der Waals surface area (Å²) in [5.41, 5.74) is 1.93. The molecular weight excluding hydrogens is 196 g/mol. The number of furan rings is 1. The SMILES string of the molecule is Cc1ccoc1C(O)c1ccsc1C. The maximum atomic E-state index is 10.0. The van der Waals surface area contributed by atoms with Crippen molar-refractivity contribution in [1.82, 2.24) is 0 Å². The molecule has 0 radical (unpaired) electrons. The van der Waals surface area contributed by atoms with E-state index in [1.165, 1.54) is 0 Å². The Hall–Kier alpha value is -1.06. The molecule has 0 fully saturated rings. The molecule has 0 aliphatic heterocycles. The average Bonchev–Trinajstić information content (AvgIpc) is 2.73. The summed E-state index contributed by atoms with van der Waals surface area (Å²) >= 11 is 1.63. The van der Waals surface area contributed by atoms with Crippen LogP contribution in [0.2, 0.25) is 0 Å². The standard InChI is InChI=1S/C11H12O2S/c1-7-3-5-13-11(7)10(12)9-4-6-14-8(9)2/h3-6,10,12H,1-2H3. The third-order valence-electron chi connectivity index (χ3n) is 2.34. The first kappa shape index (κ1) is 9.49. The van der Waals surface area contributed by atoms with Crippen LogP contribution in [0.25, 0.3) is 0 Å². The summed E-state index contributed by atoms with van der Waals surface area (Å²) in [6.45, 7) is 3.94. The number of aryl methyl sites for hydroxylation is 2. The third kappa shape index (κ3) is 1.49. The zero-order valence-electron chi connectivity index (χ0n) is 8.15. The van der Waals surface area contributed by atoms with Crippen molar-refractivity contribution in [3.05, 3.63) is 45.5 Å². The number of rotatable bonds is 2. The quantitative estimate of drug-likeness (QED) is 0.823. The normalized spacial score (nSPS) is 13.1. The van der Waals surface area contributed by atoms with Crippen LogP contribution in [0, 0.1) is 13.8 Å². The van der Waals surface area contributed by atoms with E-state index in [-0.39, 0.29) is 0 Å². The summed E-state index contributed by atoms with van der Waals surface area (Å²) in [5.74, 6) is 0.645. The highest BCUT2D eigenvalue weighted by molar-refractivity contribution is 7.10. The molecule has 2 aromatic rings. The maximum Gasteiger partial charge on any atom is 0.139 e. The van der Waals surface area contributed by atoms with Crippen LogP contribution in [-0.4, -0.2) is 5.11 Å². The Labute approximate surface area is 86.8 Å². The molecule has 0 aromatic carbocycles. The number of aliphatic hydroxyl groups excluding tert-OH is 1. The minimum Gasteiger partial charge on any atom is -0.466 e. The number of hydrogen-bond acceptors (Lipinski definition) is 3. The van der Waals surface area contributed by atoms with E-state index in [1.54, 1.807) is 17.6 Å². The maximum absolute atomic E-state index is 10.0. The van der Waals surface area contributed by atoms with Gasteiger partial charge in [-0.25, -0.2) is 0 Å². The van der Waals surface area contributed by atoms with Gasteiger partial charge in [-0.3, -0.25) is 0 Å². The van der Waals surface area contributed by atoms with E-state index in [0.29, 0.717) is 5.76 Å². The molecule has 0 aliphatic rings. The van der Waals surface area contributed by atoms with Crippen LogP contribution in [0.1, 0.15) is 27.9 Å². The Morgan fingerprint density at radius 3 is 2.64 bits per heavy atom. The highest BCUT2D eigenvalue weighted by Gasteiger charge is 2.18. The van der Waals surface area contributed by atoms with Gasteiger partial charge in [-0.15, -0.1) is 11.3 Å². The Bertz CT molecular complexity index is 388. The molecule has 0 amide bonds. The van der Waals surface area contributed by atoms with Crippen molar-refractivity contribution >= 4 is 11.3 Å². The first-order valence-corrected chi connectivity index (χ1v) is 5.34. The average molecular weight is 208 g/mol. The molecule has 2 aromatic heterocycles. The van der Waals surface area contributed by atoms with Gasteiger partial charge in [0.2, 0.25) is 0 Å². The summed E-state index contributed by atoms with van der Waals surface area (Å²) in [7, 11) is 0.